The summed E-state index contributed by atoms with van der Waals surface area (Å²) in [4.78, 5) is 154. The van der Waals surface area contributed by atoms with Gasteiger partial charge in [-0.2, -0.15) is 42.7 Å². The van der Waals surface area contributed by atoms with Crippen LogP contribution in [-0.2, 0) is 79.2 Å². The summed E-state index contributed by atoms with van der Waals surface area (Å²) in [6.45, 7) is 18.8. The van der Waals surface area contributed by atoms with Crippen LogP contribution < -0.4 is 24.3 Å². The molecule has 4 aliphatic carbocycles. The number of rotatable bonds is 7. The number of aliphatic hydroxyl groups excluding tert-OH is 4. The Morgan fingerprint density at radius 3 is 0.896 bits per heavy atom. The monoisotopic (exact) mass is 1950 g/mol. The van der Waals surface area contributed by atoms with Gasteiger partial charge in [0, 0.05) is 79.5 Å². The zero-order chi connectivity index (χ0) is 102. The van der Waals surface area contributed by atoms with E-state index in [1.54, 1.807) is 28.0 Å². The largest absolute Gasteiger partial charge is 0.457 e. The van der Waals surface area contributed by atoms with Gasteiger partial charge in [0.1, 0.15) is 11.5 Å². The molecule has 12 fully saturated rings. The number of non-ortho nitro benzene ring substituents is 1. The highest BCUT2D eigenvalue weighted by molar-refractivity contribution is 6.17. The molecule has 12 aliphatic heterocycles. The summed E-state index contributed by atoms with van der Waals surface area (Å²) in [6, 6.07) is 68.8. The molecule has 4 spiro atoms. The SMILES string of the molecule is C[C@@H]1[C@H]2C[C@@H]3N(CC[C@@]34C(=O)N(c3ccc(F)nc3)c3ccccc34)C[C@@H]2CC[C@@H]1O.C[C@@H]1[C@H]2C[C@@H]3N(CC[C@@]34C(=O)N(c3ccc(Oc5ccccc5)cc3)c3ccccc34)C[C@@H]2CC[C@@H]1O.C[C@@H]1[C@H]2C[C@@H]3N(CC[C@@]34C(=O)N(c3ccc([N+](=O)[O-])cc3)c3ccccc34)C[C@@H]2CC[C@@H]1O.Cc1ccc(N2C(=O)[C@@]3(CCN4C[C@@H]5CC[C@H](O)[C@H](C)[C@H]5C[C@H]43)c3ccccc32)cc1.O=C=O.O=C=O.O=C=O.O=C=O. The number of aryl methyl sites for hydroxylation is 1. The Hall–Kier alpha value is -12.9. The molecule has 4 N–H and O–H groups in total. The van der Waals surface area contributed by atoms with Gasteiger partial charge in [0.05, 0.1) is 85.6 Å². The first-order chi connectivity index (χ1) is 69.6. The second-order valence-electron chi connectivity index (χ2n) is 42.4. The number of halogens is 1. The third-order valence-electron chi connectivity index (χ3n) is 36.4. The molecule has 30 heteroatoms. The summed E-state index contributed by atoms with van der Waals surface area (Å²) in [7, 11) is 0. The highest BCUT2D eigenvalue weighted by atomic mass is 19.1. The van der Waals surface area contributed by atoms with Crippen LogP contribution in [0.4, 0.5) is 55.6 Å². The number of hydrogen-bond acceptors (Lipinski definition) is 24. The summed E-state index contributed by atoms with van der Waals surface area (Å²) in [5, 5.41) is 53.4. The van der Waals surface area contributed by atoms with Crippen LogP contribution in [0, 0.1) is 94.0 Å². The lowest BCUT2D eigenvalue weighted by Gasteiger charge is -2.50. The third kappa shape index (κ3) is 17.6. The van der Waals surface area contributed by atoms with Crippen molar-refractivity contribution in [2.75, 3.05) is 72.0 Å². The molecule has 0 radical (unpaired) electrons. The number of benzene rings is 8. The average molecular weight is 1960 g/mol. The first kappa shape index (κ1) is 101. The van der Waals surface area contributed by atoms with Crippen LogP contribution >= 0.6 is 0 Å². The van der Waals surface area contributed by atoms with E-state index in [1.807, 2.05) is 107 Å². The summed E-state index contributed by atoms with van der Waals surface area (Å²) in [5.41, 5.74) is 10.5. The number of para-hydroxylation sites is 5. The van der Waals surface area contributed by atoms with Gasteiger partial charge in [0.25, 0.3) is 5.69 Å². The molecule has 4 amide bonds. The van der Waals surface area contributed by atoms with Gasteiger partial charge < -0.3 is 25.2 Å². The van der Waals surface area contributed by atoms with Crippen molar-refractivity contribution in [1.29, 1.82) is 0 Å². The van der Waals surface area contributed by atoms with E-state index in [9.17, 15) is 54.1 Å². The molecule has 9 aromatic rings. The number of carbonyl (C=O) groups is 4. The molecular formula is C114H123FN10O19. The fraction of sp³-hybridized carbons (Fsp3) is 0.465. The van der Waals surface area contributed by atoms with Crippen LogP contribution in [0.2, 0.25) is 0 Å². The molecule has 4 saturated carbocycles. The zero-order valence-electron chi connectivity index (χ0n) is 81.6. The van der Waals surface area contributed by atoms with Crippen molar-refractivity contribution in [2.45, 2.75) is 208 Å². The predicted molar refractivity (Wildman–Crippen MR) is 526 cm³/mol. The number of anilines is 8. The Balaban J connectivity index is 0.000000122. The minimum absolute atomic E-state index is 0.0172. The number of nitro benzene ring substituents is 1. The number of piperidine rings is 4. The molecule has 144 heavy (non-hydrogen) atoms. The Morgan fingerprint density at radius 1 is 0.354 bits per heavy atom. The fourth-order valence-corrected chi connectivity index (χ4v) is 29.5. The van der Waals surface area contributed by atoms with Crippen LogP contribution in [0.3, 0.4) is 0 Å². The first-order valence-electron chi connectivity index (χ1n) is 50.8. The normalized spacial score (nSPS) is 32.7. The van der Waals surface area contributed by atoms with Crippen LogP contribution in [-0.4, -0.2) is 199 Å². The molecule has 1 aromatic heterocycles. The molecule has 0 unspecified atom stereocenters. The second kappa shape index (κ2) is 42.1. The topological polar surface area (TPSA) is 377 Å². The lowest BCUT2D eigenvalue weighted by atomic mass is 9.62. The van der Waals surface area contributed by atoms with E-state index < -0.39 is 32.5 Å². The van der Waals surface area contributed by atoms with Crippen molar-refractivity contribution in [3.8, 4) is 11.5 Å². The second-order valence-corrected chi connectivity index (χ2v) is 42.4. The van der Waals surface area contributed by atoms with Gasteiger partial charge in [-0.1, -0.05) is 136 Å². The van der Waals surface area contributed by atoms with E-state index in [0.717, 1.165) is 212 Å². The number of aromatic nitrogens is 1. The van der Waals surface area contributed by atoms with E-state index in [4.69, 9.17) is 43.1 Å². The summed E-state index contributed by atoms with van der Waals surface area (Å²) >= 11 is 0. The number of nitro groups is 1. The van der Waals surface area contributed by atoms with E-state index in [0.29, 0.717) is 70.6 Å². The van der Waals surface area contributed by atoms with Gasteiger partial charge in [-0.05, 0) is 326 Å². The summed E-state index contributed by atoms with van der Waals surface area (Å²) in [6.07, 6.45) is 16.7. The summed E-state index contributed by atoms with van der Waals surface area (Å²) < 4.78 is 19.5. The number of amides is 4. The molecule has 25 rings (SSSR count). The Bertz CT molecular complexity index is 6150. The van der Waals surface area contributed by atoms with Gasteiger partial charge in [-0.15, -0.1) is 0 Å². The van der Waals surface area contributed by atoms with Crippen LogP contribution in [0.1, 0.15) is 158 Å². The molecule has 8 saturated heterocycles. The number of aliphatic hydroxyl groups is 4. The van der Waals surface area contributed by atoms with E-state index >= 15 is 0 Å². The van der Waals surface area contributed by atoms with Crippen molar-refractivity contribution in [1.82, 2.24) is 24.6 Å². The number of fused-ring (bicyclic) bond motifs is 20. The summed E-state index contributed by atoms with van der Waals surface area (Å²) in [5.74, 6) is 7.06. The molecule has 24 atom stereocenters. The number of pyridine rings is 1. The molecule has 29 nitrogen and oxygen atoms in total. The van der Waals surface area contributed by atoms with Crippen molar-refractivity contribution < 1.29 is 92.0 Å². The van der Waals surface area contributed by atoms with E-state index in [2.05, 4.69) is 138 Å². The Kier molecular flexibility index (Phi) is 29.6. The maximum absolute atomic E-state index is 14.5. The molecule has 8 aromatic carbocycles. The van der Waals surface area contributed by atoms with Gasteiger partial charge in [-0.3, -0.25) is 68.5 Å². The standard InChI is InChI=1S/C32H34N2O3.C27H32N2O2.C26H29N3O4.C25H28FN3O2.4CO2/c1-21-26-19-30-32(17-18-33(30)20-22(26)11-16-29(21)35)27-9-5-6-10-28(27)34(31(32)36)23-12-14-25(15-13-23)37-24-7-3-2-4-8-24;1-17-7-10-20(11-8-17)29-23-6-4-3-5-22(23)27(26(29)31)13-14-28-16-19-9-12-24(30)18(2)21(19)15-25(27)28;1-16-20-14-24-26(12-13-27(24)15-17(20)6-11-23(16)30)21-4-2-3-5-22(21)28(25(26)31)18-7-9-19(10-8-18)29(32)33;1-15-18-12-22-25(10-11-28(22)14-16(18)6-8-21(15)30)19-4-2-3-5-20(19)29(24(25)31)17-7-9-23(26)27-13-17;4*2-1-3/h2-10,12-15,21-22,26,29-30,35H,11,16-20H2,1H3;3-8,10-11,18-19,21,24-25,30H,9,12-16H2,1-2H3;2-5,7-10,16-17,20,23-24,30H,6,11-15H2,1H3;2-5,7,9,13,15-16,18,21-22,30H,6,8,10-12,14H2,1H3;;;;/t21-,22+,26-,29+,30+,32+;18-,19+,21-,24+,25+,27+;16-,17+,20-,23+,24+,26+;15-,16+,18-,21+,22+,25+;;;;/m1111..../s1. The van der Waals surface area contributed by atoms with Crippen molar-refractivity contribution in [2.24, 2.45) is 71.0 Å². The molecular weight excluding hydrogens is 1830 g/mol. The van der Waals surface area contributed by atoms with Gasteiger partial charge in [0.2, 0.25) is 29.6 Å². The zero-order valence-corrected chi connectivity index (χ0v) is 81.6. The first-order valence-corrected chi connectivity index (χ1v) is 50.8. The van der Waals surface area contributed by atoms with Crippen molar-refractivity contribution >= 4 is 99.4 Å². The maximum atomic E-state index is 14.5. The number of hydrogen-bond donors (Lipinski definition) is 4. The van der Waals surface area contributed by atoms with Crippen LogP contribution in [0.5, 0.6) is 11.5 Å². The highest BCUT2D eigenvalue weighted by Gasteiger charge is 2.68. The van der Waals surface area contributed by atoms with Crippen LogP contribution in [0.25, 0.3) is 0 Å². The van der Waals surface area contributed by atoms with E-state index in [1.165, 1.54) is 41.1 Å². The lowest BCUT2D eigenvalue weighted by molar-refractivity contribution is -0.384. The minimum atomic E-state index is -0.606. The molecule has 16 aliphatic rings. The quantitative estimate of drug-likeness (QED) is 0.0654. The smallest absolute Gasteiger partial charge is 0.373 e. The maximum Gasteiger partial charge on any atom is 0.373 e. The van der Waals surface area contributed by atoms with Crippen LogP contribution in [0.15, 0.2) is 219 Å². The van der Waals surface area contributed by atoms with E-state index in [-0.39, 0.29) is 114 Å². The molecule has 750 valence electrons. The average Bonchev–Trinajstić information content (AvgIpc) is 1.55. The fourth-order valence-electron chi connectivity index (χ4n) is 29.5. The number of ether oxygens (including phenoxy) is 1. The number of carbonyl (C=O) groups excluding carboxylic acids is 12. The Labute approximate surface area is 835 Å². The predicted octanol–water partition coefficient (Wildman–Crippen LogP) is 15.6. The molecule has 0 bridgehead atoms. The highest BCUT2D eigenvalue weighted by Crippen LogP contribution is 2.64. The van der Waals surface area contributed by atoms with Crippen molar-refractivity contribution in [3.05, 3.63) is 262 Å². The van der Waals surface area contributed by atoms with Gasteiger partial charge >= 0.3 is 24.6 Å². The minimum Gasteiger partial charge on any atom is -0.457 e. The van der Waals surface area contributed by atoms with Gasteiger partial charge in [0.15, 0.2) is 0 Å². The Morgan fingerprint density at radius 2 is 0.611 bits per heavy atom. The van der Waals surface area contributed by atoms with Crippen molar-refractivity contribution in [3.63, 3.8) is 0 Å². The molecule has 13 heterocycles. The number of nitrogens with zero attached hydrogens (tertiary/aromatic N) is 10. The van der Waals surface area contributed by atoms with Gasteiger partial charge in [-0.25, -0.2) is 4.98 Å². The third-order valence-corrected chi connectivity index (χ3v) is 36.4. The lowest BCUT2D eigenvalue weighted by Crippen LogP contribution is -2.56.